The van der Waals surface area contributed by atoms with Crippen LogP contribution in [0.2, 0.25) is 0 Å². The van der Waals surface area contributed by atoms with Crippen molar-refractivity contribution in [1.29, 1.82) is 0 Å². The molecule has 0 aliphatic carbocycles. The van der Waals surface area contributed by atoms with E-state index in [9.17, 15) is 18.0 Å². The SMILES string of the molecule is O=C(NCCn1nc(C(F)(F)F)c2c1CCOC2)c1ccccc1I. The highest BCUT2D eigenvalue weighted by atomic mass is 127. The second-order valence-electron chi connectivity index (χ2n) is 5.53. The molecule has 1 aromatic carbocycles. The van der Waals surface area contributed by atoms with Gasteiger partial charge in [-0.3, -0.25) is 9.48 Å². The lowest BCUT2D eigenvalue weighted by Crippen LogP contribution is -2.29. The average Bonchev–Trinajstić information content (AvgIpc) is 2.94. The number of carbonyl (C=O) groups excluding carboxylic acids is 1. The highest BCUT2D eigenvalue weighted by Gasteiger charge is 2.39. The Morgan fingerprint density at radius 1 is 1.36 bits per heavy atom. The number of hydrogen-bond donors (Lipinski definition) is 1. The van der Waals surface area contributed by atoms with E-state index in [0.717, 1.165) is 3.57 Å². The molecule has 1 aromatic heterocycles. The van der Waals surface area contributed by atoms with Crippen molar-refractivity contribution in [1.82, 2.24) is 15.1 Å². The molecule has 134 valence electrons. The van der Waals surface area contributed by atoms with Crippen LogP contribution in [0, 0.1) is 3.57 Å². The second kappa shape index (κ2) is 7.32. The van der Waals surface area contributed by atoms with Crippen LogP contribution in [0.3, 0.4) is 0 Å². The first-order valence-electron chi connectivity index (χ1n) is 7.64. The normalized spacial score (nSPS) is 14.2. The first kappa shape index (κ1) is 18.2. The number of nitrogens with one attached hydrogen (secondary N) is 1. The van der Waals surface area contributed by atoms with Gasteiger partial charge in [0, 0.05) is 27.8 Å². The van der Waals surface area contributed by atoms with Crippen molar-refractivity contribution in [2.45, 2.75) is 25.7 Å². The molecular formula is C16H15F3IN3O2. The second-order valence-corrected chi connectivity index (χ2v) is 6.70. The third-order valence-corrected chi connectivity index (χ3v) is 4.83. The molecule has 2 aromatic rings. The van der Waals surface area contributed by atoms with Crippen molar-refractivity contribution >= 4 is 28.5 Å². The van der Waals surface area contributed by atoms with E-state index in [0.29, 0.717) is 24.3 Å². The molecule has 5 nitrogen and oxygen atoms in total. The summed E-state index contributed by atoms with van der Waals surface area (Å²) in [5.74, 6) is -0.259. The molecule has 1 aliphatic rings. The van der Waals surface area contributed by atoms with Crippen molar-refractivity contribution in [3.63, 3.8) is 0 Å². The molecule has 25 heavy (non-hydrogen) atoms. The van der Waals surface area contributed by atoms with Gasteiger partial charge in [-0.05, 0) is 34.7 Å². The Hall–Kier alpha value is -1.62. The molecular weight excluding hydrogens is 450 g/mol. The first-order chi connectivity index (χ1) is 11.9. The third-order valence-electron chi connectivity index (χ3n) is 3.89. The Bertz CT molecular complexity index is 789. The van der Waals surface area contributed by atoms with Crippen molar-refractivity contribution in [3.8, 4) is 0 Å². The summed E-state index contributed by atoms with van der Waals surface area (Å²) in [5, 5.41) is 6.44. The topological polar surface area (TPSA) is 56.2 Å². The molecule has 0 saturated carbocycles. The van der Waals surface area contributed by atoms with Gasteiger partial charge in [0.05, 0.1) is 25.3 Å². The molecule has 1 aliphatic heterocycles. The third kappa shape index (κ3) is 3.97. The minimum absolute atomic E-state index is 0.0846. The fraction of sp³-hybridized carbons (Fsp3) is 0.375. The predicted octanol–water partition coefficient (Wildman–Crippen LogP) is 3.01. The van der Waals surface area contributed by atoms with E-state index in [4.69, 9.17) is 4.74 Å². The number of nitrogens with zero attached hydrogens (tertiary/aromatic N) is 2. The standard InChI is InChI=1S/C16H15F3IN3O2/c17-16(18,19)14-11-9-25-8-5-13(11)23(22-14)7-6-21-15(24)10-3-1-2-4-12(10)20/h1-4H,5-9H2,(H,21,24). The van der Waals surface area contributed by atoms with Gasteiger partial charge in [-0.2, -0.15) is 18.3 Å². The number of halogens is 4. The molecule has 2 heterocycles. The smallest absolute Gasteiger partial charge is 0.376 e. The summed E-state index contributed by atoms with van der Waals surface area (Å²) in [6, 6.07) is 7.10. The van der Waals surface area contributed by atoms with Gasteiger partial charge in [-0.25, -0.2) is 0 Å². The molecule has 0 bridgehead atoms. The molecule has 0 unspecified atom stereocenters. The molecule has 0 atom stereocenters. The Labute approximate surface area is 155 Å². The number of alkyl halides is 3. The van der Waals surface area contributed by atoms with Gasteiger partial charge in [0.15, 0.2) is 5.69 Å². The Morgan fingerprint density at radius 2 is 2.12 bits per heavy atom. The van der Waals surface area contributed by atoms with Crippen LogP contribution in [-0.4, -0.2) is 28.8 Å². The van der Waals surface area contributed by atoms with Crippen LogP contribution in [0.15, 0.2) is 24.3 Å². The molecule has 3 rings (SSSR count). The van der Waals surface area contributed by atoms with E-state index in [1.807, 2.05) is 12.1 Å². The van der Waals surface area contributed by atoms with Crippen LogP contribution < -0.4 is 5.32 Å². The summed E-state index contributed by atoms with van der Waals surface area (Å²) in [6.45, 7) is 0.646. The highest BCUT2D eigenvalue weighted by molar-refractivity contribution is 14.1. The van der Waals surface area contributed by atoms with E-state index >= 15 is 0 Å². The van der Waals surface area contributed by atoms with Gasteiger partial charge in [-0.15, -0.1) is 0 Å². The Balaban J connectivity index is 1.71. The predicted molar refractivity (Wildman–Crippen MR) is 92.1 cm³/mol. The number of amides is 1. The largest absolute Gasteiger partial charge is 0.435 e. The van der Waals surface area contributed by atoms with Crippen LogP contribution in [0.5, 0.6) is 0 Å². The number of carbonyl (C=O) groups is 1. The zero-order valence-corrected chi connectivity index (χ0v) is 15.2. The fourth-order valence-corrected chi connectivity index (χ4v) is 3.37. The summed E-state index contributed by atoms with van der Waals surface area (Å²) in [7, 11) is 0. The van der Waals surface area contributed by atoms with E-state index in [-0.39, 0.29) is 31.2 Å². The maximum atomic E-state index is 13.1. The van der Waals surface area contributed by atoms with Gasteiger partial charge in [-0.1, -0.05) is 12.1 Å². The fourth-order valence-electron chi connectivity index (χ4n) is 2.74. The van der Waals surface area contributed by atoms with Crippen LogP contribution in [0.25, 0.3) is 0 Å². The summed E-state index contributed by atoms with van der Waals surface area (Å²) in [6.07, 6.45) is -4.14. The minimum atomic E-state index is -4.51. The van der Waals surface area contributed by atoms with Gasteiger partial charge in [0.2, 0.25) is 0 Å². The first-order valence-corrected chi connectivity index (χ1v) is 8.72. The van der Waals surface area contributed by atoms with E-state index in [1.54, 1.807) is 12.1 Å². The zero-order valence-electron chi connectivity index (χ0n) is 13.1. The molecule has 0 radical (unpaired) electrons. The Kier molecular flexibility index (Phi) is 5.32. The van der Waals surface area contributed by atoms with Gasteiger partial charge in [0.25, 0.3) is 5.91 Å². The maximum absolute atomic E-state index is 13.1. The van der Waals surface area contributed by atoms with Crippen LogP contribution >= 0.6 is 22.6 Å². The van der Waals surface area contributed by atoms with E-state index < -0.39 is 11.9 Å². The summed E-state index contributed by atoms with van der Waals surface area (Å²) < 4.78 is 46.6. The number of fused-ring (bicyclic) bond motifs is 1. The average molecular weight is 465 g/mol. The number of ether oxygens (including phenoxy) is 1. The van der Waals surface area contributed by atoms with Crippen LogP contribution in [0.1, 0.15) is 27.3 Å². The highest BCUT2D eigenvalue weighted by Crippen LogP contribution is 2.34. The lowest BCUT2D eigenvalue weighted by atomic mass is 10.1. The number of hydrogen-bond acceptors (Lipinski definition) is 3. The monoisotopic (exact) mass is 465 g/mol. The summed E-state index contributed by atoms with van der Waals surface area (Å²) in [5.41, 5.74) is 0.269. The number of benzene rings is 1. The Morgan fingerprint density at radius 3 is 2.84 bits per heavy atom. The van der Waals surface area contributed by atoms with Gasteiger partial charge < -0.3 is 10.1 Å². The molecule has 0 saturated heterocycles. The van der Waals surface area contributed by atoms with Crippen LogP contribution in [-0.2, 0) is 30.5 Å². The zero-order chi connectivity index (χ0) is 18.0. The molecule has 1 amide bonds. The van der Waals surface area contributed by atoms with Crippen molar-refractivity contribution < 1.29 is 22.7 Å². The number of rotatable bonds is 4. The number of aromatic nitrogens is 2. The lowest BCUT2D eigenvalue weighted by Gasteiger charge is -2.15. The van der Waals surface area contributed by atoms with Gasteiger partial charge >= 0.3 is 6.18 Å². The maximum Gasteiger partial charge on any atom is 0.435 e. The summed E-state index contributed by atoms with van der Waals surface area (Å²) in [4.78, 5) is 12.2. The molecule has 1 N–H and O–H groups in total. The van der Waals surface area contributed by atoms with Gasteiger partial charge in [0.1, 0.15) is 0 Å². The molecule has 0 fully saturated rings. The van der Waals surface area contributed by atoms with Crippen molar-refractivity contribution in [3.05, 3.63) is 50.4 Å². The van der Waals surface area contributed by atoms with Crippen molar-refractivity contribution in [2.24, 2.45) is 0 Å². The summed E-state index contributed by atoms with van der Waals surface area (Å²) >= 11 is 2.06. The van der Waals surface area contributed by atoms with Crippen LogP contribution in [0.4, 0.5) is 13.2 Å². The molecule has 9 heteroatoms. The molecule has 0 spiro atoms. The van der Waals surface area contributed by atoms with E-state index in [2.05, 4.69) is 33.0 Å². The van der Waals surface area contributed by atoms with E-state index in [1.165, 1.54) is 4.68 Å². The lowest BCUT2D eigenvalue weighted by molar-refractivity contribution is -0.142. The van der Waals surface area contributed by atoms with Crippen molar-refractivity contribution in [2.75, 3.05) is 13.2 Å². The quantitative estimate of drug-likeness (QED) is 0.707. The minimum Gasteiger partial charge on any atom is -0.376 e.